The summed E-state index contributed by atoms with van der Waals surface area (Å²) in [5.74, 6) is 1.70. The van der Waals surface area contributed by atoms with Gasteiger partial charge in [-0.1, -0.05) is 6.92 Å². The van der Waals surface area contributed by atoms with Gasteiger partial charge in [0.05, 0.1) is 15.0 Å². The summed E-state index contributed by atoms with van der Waals surface area (Å²) in [6, 6.07) is 3.91. The molecule has 0 aliphatic heterocycles. The van der Waals surface area contributed by atoms with Crippen molar-refractivity contribution in [3.8, 4) is 11.5 Å². The van der Waals surface area contributed by atoms with Crippen LogP contribution in [0.5, 0.6) is 11.5 Å². The van der Waals surface area contributed by atoms with Crippen LogP contribution in [-0.2, 0) is 6.42 Å². The maximum atomic E-state index is 5.62. The van der Waals surface area contributed by atoms with E-state index in [1.54, 1.807) is 7.11 Å². The molecule has 0 amide bonds. The maximum Gasteiger partial charge on any atom is 0.136 e. The van der Waals surface area contributed by atoms with Gasteiger partial charge in [-0.15, -0.1) is 0 Å². The molecule has 94 valence electrons. The Bertz CT molecular complexity index is 412. The predicted molar refractivity (Wildman–Crippen MR) is 81.5 cm³/mol. The van der Waals surface area contributed by atoms with Crippen molar-refractivity contribution >= 4 is 47.8 Å². The highest BCUT2D eigenvalue weighted by Crippen LogP contribution is 2.34. The van der Waals surface area contributed by atoms with E-state index in [2.05, 4.69) is 54.7 Å². The van der Waals surface area contributed by atoms with Crippen LogP contribution in [-0.4, -0.2) is 13.7 Å². The number of hydrogen-bond donors (Lipinski definition) is 0. The minimum Gasteiger partial charge on any atom is -0.495 e. The molecule has 0 N–H and O–H groups in total. The fourth-order valence-corrected chi connectivity index (χ4v) is 2.30. The molecule has 0 fully saturated rings. The third kappa shape index (κ3) is 4.64. The molecule has 17 heavy (non-hydrogen) atoms. The van der Waals surface area contributed by atoms with Crippen LogP contribution >= 0.6 is 47.8 Å². The van der Waals surface area contributed by atoms with Crippen molar-refractivity contribution < 1.29 is 9.47 Å². The van der Waals surface area contributed by atoms with Gasteiger partial charge in [0.2, 0.25) is 0 Å². The number of methoxy groups -OCH3 is 1. The molecule has 0 heterocycles. The molecule has 0 radical (unpaired) electrons. The Labute approximate surface area is 127 Å². The number of aryl methyl sites for hydroxylation is 1. The van der Waals surface area contributed by atoms with Gasteiger partial charge in [0, 0.05) is 0 Å². The smallest absolute Gasteiger partial charge is 0.136 e. The number of halogens is 3. The van der Waals surface area contributed by atoms with Gasteiger partial charge in [0.15, 0.2) is 0 Å². The summed E-state index contributed by atoms with van der Waals surface area (Å²) in [5, 5.41) is 0. The molecule has 0 unspecified atom stereocenters. The molecule has 1 aromatic carbocycles. The lowest BCUT2D eigenvalue weighted by Crippen LogP contribution is -1.97. The van der Waals surface area contributed by atoms with Crippen LogP contribution in [0, 0.1) is 0 Å². The van der Waals surface area contributed by atoms with Crippen LogP contribution in [0.1, 0.15) is 12.5 Å². The van der Waals surface area contributed by atoms with Crippen molar-refractivity contribution in [2.24, 2.45) is 0 Å². The first kappa shape index (κ1) is 15.1. The highest BCUT2D eigenvalue weighted by molar-refractivity contribution is 9.28. The molecule has 0 aliphatic carbocycles. The van der Waals surface area contributed by atoms with E-state index in [9.17, 15) is 0 Å². The van der Waals surface area contributed by atoms with E-state index in [4.69, 9.17) is 9.47 Å². The quantitative estimate of drug-likeness (QED) is 0.654. The average Bonchev–Trinajstić information content (AvgIpc) is 2.27. The van der Waals surface area contributed by atoms with Crippen molar-refractivity contribution in [3.63, 3.8) is 0 Å². The maximum absolute atomic E-state index is 5.62. The first-order valence-corrected chi connectivity index (χ1v) is 7.46. The lowest BCUT2D eigenvalue weighted by molar-refractivity contribution is 0.359. The zero-order valence-electron chi connectivity index (χ0n) is 9.60. The van der Waals surface area contributed by atoms with E-state index in [1.807, 2.05) is 18.2 Å². The number of rotatable bonds is 5. The highest BCUT2D eigenvalue weighted by atomic mass is 79.9. The number of hydrogen-bond acceptors (Lipinski definition) is 2. The fraction of sp³-hybridized carbons (Fsp3) is 0.333. The minimum atomic E-state index is 0.508. The molecule has 0 bridgehead atoms. The summed E-state index contributed by atoms with van der Waals surface area (Å²) in [6.07, 6.45) is 2.79. The van der Waals surface area contributed by atoms with E-state index in [0.717, 1.165) is 31.3 Å². The van der Waals surface area contributed by atoms with Crippen molar-refractivity contribution in [2.75, 3.05) is 13.7 Å². The van der Waals surface area contributed by atoms with E-state index in [0.29, 0.717) is 6.61 Å². The summed E-state index contributed by atoms with van der Waals surface area (Å²) in [4.78, 5) is 0. The third-order valence-corrected chi connectivity index (χ3v) is 3.40. The molecule has 5 heteroatoms. The third-order valence-electron chi connectivity index (χ3n) is 2.17. The zero-order chi connectivity index (χ0) is 12.8. The molecule has 0 saturated heterocycles. The summed E-state index contributed by atoms with van der Waals surface area (Å²) >= 11 is 10.0. The summed E-state index contributed by atoms with van der Waals surface area (Å²) in [5.41, 5.74) is 1.12. The normalized spacial score (nSPS) is 9.94. The molecule has 2 nitrogen and oxygen atoms in total. The Balaban J connectivity index is 2.88. The predicted octanol–water partition coefficient (Wildman–Crippen LogP) is 5.03. The average molecular weight is 429 g/mol. The Morgan fingerprint density at radius 1 is 1.35 bits per heavy atom. The van der Waals surface area contributed by atoms with Crippen LogP contribution in [0.15, 0.2) is 26.1 Å². The van der Waals surface area contributed by atoms with Crippen molar-refractivity contribution in [3.05, 3.63) is 31.6 Å². The van der Waals surface area contributed by atoms with Gasteiger partial charge in [-0.3, -0.25) is 0 Å². The summed E-state index contributed by atoms with van der Waals surface area (Å²) in [7, 11) is 1.67. The van der Waals surface area contributed by atoms with E-state index < -0.39 is 0 Å². The largest absolute Gasteiger partial charge is 0.495 e. The highest BCUT2D eigenvalue weighted by Gasteiger charge is 2.08. The Hall–Kier alpha value is -0.000000000000000167. The monoisotopic (exact) mass is 426 g/mol. The van der Waals surface area contributed by atoms with Crippen molar-refractivity contribution in [2.45, 2.75) is 13.3 Å². The molecular formula is C12H13Br3O2. The molecule has 1 rings (SSSR count). The Morgan fingerprint density at radius 2 is 2.06 bits per heavy atom. The second-order valence-electron chi connectivity index (χ2n) is 3.26. The number of ether oxygens (including phenoxy) is 2. The van der Waals surface area contributed by atoms with Gasteiger partial charge in [0.1, 0.15) is 18.1 Å². The van der Waals surface area contributed by atoms with E-state index in [-0.39, 0.29) is 0 Å². The van der Waals surface area contributed by atoms with Gasteiger partial charge in [0.25, 0.3) is 0 Å². The SMILES string of the molecule is CCc1cc(OCC=C(Br)Br)cc(Br)c1OC. The first-order chi connectivity index (χ1) is 8.08. The Morgan fingerprint density at radius 3 is 2.59 bits per heavy atom. The second-order valence-corrected chi connectivity index (χ2v) is 6.88. The molecule has 0 aliphatic rings. The molecule has 0 atom stereocenters. The van der Waals surface area contributed by atoms with Crippen LogP contribution in [0.2, 0.25) is 0 Å². The van der Waals surface area contributed by atoms with Crippen molar-refractivity contribution in [1.82, 2.24) is 0 Å². The summed E-state index contributed by atoms with van der Waals surface area (Å²) in [6.45, 7) is 2.59. The first-order valence-electron chi connectivity index (χ1n) is 5.08. The molecule has 1 aromatic rings. The van der Waals surface area contributed by atoms with Gasteiger partial charge in [-0.05, 0) is 78.0 Å². The fourth-order valence-electron chi connectivity index (χ4n) is 1.40. The van der Waals surface area contributed by atoms with Crippen LogP contribution in [0.4, 0.5) is 0 Å². The lowest BCUT2D eigenvalue weighted by Gasteiger charge is -2.12. The minimum absolute atomic E-state index is 0.508. The Kier molecular flexibility index (Phi) is 6.59. The van der Waals surface area contributed by atoms with Gasteiger partial charge >= 0.3 is 0 Å². The number of benzene rings is 1. The van der Waals surface area contributed by atoms with Crippen LogP contribution in [0.25, 0.3) is 0 Å². The molecule has 0 saturated carbocycles. The van der Waals surface area contributed by atoms with Gasteiger partial charge in [-0.2, -0.15) is 0 Å². The lowest BCUT2D eigenvalue weighted by atomic mass is 10.1. The van der Waals surface area contributed by atoms with E-state index >= 15 is 0 Å². The van der Waals surface area contributed by atoms with Crippen molar-refractivity contribution in [1.29, 1.82) is 0 Å². The van der Waals surface area contributed by atoms with Crippen LogP contribution < -0.4 is 9.47 Å². The van der Waals surface area contributed by atoms with E-state index in [1.165, 1.54) is 0 Å². The molecule has 0 aromatic heterocycles. The zero-order valence-corrected chi connectivity index (χ0v) is 14.4. The van der Waals surface area contributed by atoms with Gasteiger partial charge < -0.3 is 9.47 Å². The summed E-state index contributed by atoms with van der Waals surface area (Å²) < 4.78 is 12.7. The molecular weight excluding hydrogens is 416 g/mol. The standard InChI is InChI=1S/C12H13Br3O2/c1-3-8-6-9(17-5-4-11(14)15)7-10(13)12(8)16-2/h4,6-7H,3,5H2,1-2H3. The van der Waals surface area contributed by atoms with Crippen LogP contribution in [0.3, 0.4) is 0 Å². The van der Waals surface area contributed by atoms with Gasteiger partial charge in [-0.25, -0.2) is 0 Å². The topological polar surface area (TPSA) is 18.5 Å². The second kappa shape index (κ2) is 7.44. The molecule has 0 spiro atoms.